The van der Waals surface area contributed by atoms with Crippen LogP contribution in [0.2, 0.25) is 0 Å². The first kappa shape index (κ1) is 14.9. The third-order valence-corrected chi connectivity index (χ3v) is 3.75. The third kappa shape index (κ3) is 3.15. The number of halogens is 4. The van der Waals surface area contributed by atoms with E-state index in [0.717, 1.165) is 22.8 Å². The van der Waals surface area contributed by atoms with Crippen molar-refractivity contribution < 1.29 is 13.2 Å². The molecule has 0 bridgehead atoms. The third-order valence-electron chi connectivity index (χ3n) is 3.36. The molecule has 0 radical (unpaired) electrons. The van der Waals surface area contributed by atoms with Crippen molar-refractivity contribution in [2.24, 2.45) is 0 Å². The van der Waals surface area contributed by atoms with Crippen LogP contribution in [-0.2, 0) is 6.42 Å². The number of alkyl halides is 1. The van der Waals surface area contributed by atoms with Gasteiger partial charge in [-0.05, 0) is 43.0 Å². The molecule has 2 aromatic rings. The lowest BCUT2D eigenvalue weighted by Gasteiger charge is -2.12. The maximum Gasteiger partial charge on any atom is 0.161 e. The fraction of sp³-hybridized carbons (Fsp3) is 0.250. The summed E-state index contributed by atoms with van der Waals surface area (Å²) in [6.07, 6.45) is 0.352. The lowest BCUT2D eigenvalue weighted by atomic mass is 10.00. The fourth-order valence-electron chi connectivity index (χ4n) is 2.03. The van der Waals surface area contributed by atoms with E-state index in [1.165, 1.54) is 0 Å². The van der Waals surface area contributed by atoms with Crippen LogP contribution in [0.5, 0.6) is 0 Å². The number of benzene rings is 2. The van der Waals surface area contributed by atoms with Crippen LogP contribution in [0.1, 0.15) is 27.6 Å². The van der Waals surface area contributed by atoms with Gasteiger partial charge in [-0.25, -0.2) is 13.2 Å². The Hall–Kier alpha value is -1.48. The first-order valence-electron chi connectivity index (χ1n) is 6.23. The molecule has 1 unspecified atom stereocenters. The number of hydrogen-bond donors (Lipinski definition) is 0. The first-order valence-corrected chi connectivity index (χ1v) is 6.66. The van der Waals surface area contributed by atoms with E-state index in [1.807, 2.05) is 32.0 Å². The lowest BCUT2D eigenvalue weighted by Crippen LogP contribution is -2.02. The molecular weight excluding hydrogens is 285 g/mol. The summed E-state index contributed by atoms with van der Waals surface area (Å²) in [5, 5.41) is -0.743. The summed E-state index contributed by atoms with van der Waals surface area (Å²) in [6, 6.07) is 7.16. The summed E-state index contributed by atoms with van der Waals surface area (Å²) in [4.78, 5) is 0. The van der Waals surface area contributed by atoms with Gasteiger partial charge in [0.2, 0.25) is 0 Å². The molecule has 0 saturated carbocycles. The average Bonchev–Trinajstić information content (AvgIpc) is 2.38. The molecule has 0 nitrogen and oxygen atoms in total. The summed E-state index contributed by atoms with van der Waals surface area (Å²) in [6.45, 7) is 3.96. The second kappa shape index (κ2) is 5.88. The standard InChI is InChI=1S/C16H14ClF3/c1-9-3-4-11(5-10(9)2)6-13(17)12-7-15(19)16(20)8-14(12)18/h3-5,7-8,13H,6H2,1-2H3. The monoisotopic (exact) mass is 298 g/mol. The van der Waals surface area contributed by atoms with Gasteiger partial charge in [-0.2, -0.15) is 0 Å². The molecule has 0 aliphatic rings. The van der Waals surface area contributed by atoms with Crippen molar-refractivity contribution in [3.63, 3.8) is 0 Å². The van der Waals surface area contributed by atoms with Crippen LogP contribution in [0.3, 0.4) is 0 Å². The minimum atomic E-state index is -1.21. The molecule has 106 valence electrons. The van der Waals surface area contributed by atoms with Crippen LogP contribution >= 0.6 is 11.6 Å². The molecule has 0 aliphatic heterocycles. The van der Waals surface area contributed by atoms with Crippen molar-refractivity contribution >= 4 is 11.6 Å². The minimum Gasteiger partial charge on any atom is -0.207 e. The second-order valence-electron chi connectivity index (χ2n) is 4.88. The Morgan fingerprint density at radius 1 is 0.900 bits per heavy atom. The molecule has 2 aromatic carbocycles. The second-order valence-corrected chi connectivity index (χ2v) is 5.40. The molecule has 0 aliphatic carbocycles. The molecule has 4 heteroatoms. The topological polar surface area (TPSA) is 0 Å². The highest BCUT2D eigenvalue weighted by Gasteiger charge is 2.17. The van der Waals surface area contributed by atoms with Gasteiger partial charge >= 0.3 is 0 Å². The Kier molecular flexibility index (Phi) is 4.39. The molecule has 0 N–H and O–H groups in total. The Balaban J connectivity index is 2.25. The summed E-state index contributed by atoms with van der Waals surface area (Å²) < 4.78 is 39.7. The maximum absolute atomic E-state index is 13.6. The molecule has 2 rings (SSSR count). The quantitative estimate of drug-likeness (QED) is 0.537. The normalized spacial score (nSPS) is 12.5. The molecule has 0 spiro atoms. The largest absolute Gasteiger partial charge is 0.207 e. The first-order chi connectivity index (χ1) is 9.38. The maximum atomic E-state index is 13.6. The van der Waals surface area contributed by atoms with Crippen LogP contribution in [-0.4, -0.2) is 0 Å². The smallest absolute Gasteiger partial charge is 0.161 e. The fourth-order valence-corrected chi connectivity index (χ4v) is 2.37. The average molecular weight is 299 g/mol. The van der Waals surface area contributed by atoms with Gasteiger partial charge in [0.15, 0.2) is 11.6 Å². The number of aryl methyl sites for hydroxylation is 2. The van der Waals surface area contributed by atoms with E-state index in [4.69, 9.17) is 11.6 Å². The van der Waals surface area contributed by atoms with Gasteiger partial charge in [-0.1, -0.05) is 18.2 Å². The summed E-state index contributed by atoms with van der Waals surface area (Å²) >= 11 is 6.13. The Morgan fingerprint density at radius 2 is 1.55 bits per heavy atom. The molecule has 0 amide bonds. The van der Waals surface area contributed by atoms with E-state index in [9.17, 15) is 13.2 Å². The molecule has 0 heterocycles. The Labute approximate surface area is 121 Å². The van der Waals surface area contributed by atoms with Crippen molar-refractivity contribution in [2.45, 2.75) is 25.6 Å². The van der Waals surface area contributed by atoms with E-state index in [1.54, 1.807) is 0 Å². The molecule has 0 aromatic heterocycles. The van der Waals surface area contributed by atoms with Crippen LogP contribution in [0.25, 0.3) is 0 Å². The number of hydrogen-bond acceptors (Lipinski definition) is 0. The van der Waals surface area contributed by atoms with Crippen molar-refractivity contribution in [3.05, 3.63) is 70.0 Å². The highest BCUT2D eigenvalue weighted by molar-refractivity contribution is 6.20. The van der Waals surface area contributed by atoms with Gasteiger partial charge in [0.1, 0.15) is 5.82 Å². The van der Waals surface area contributed by atoms with Crippen molar-refractivity contribution in [1.29, 1.82) is 0 Å². The van der Waals surface area contributed by atoms with E-state index >= 15 is 0 Å². The van der Waals surface area contributed by atoms with E-state index in [-0.39, 0.29) is 5.56 Å². The number of rotatable bonds is 3. The van der Waals surface area contributed by atoms with Gasteiger partial charge in [-0.3, -0.25) is 0 Å². The van der Waals surface area contributed by atoms with Crippen LogP contribution in [0.15, 0.2) is 30.3 Å². The van der Waals surface area contributed by atoms with Crippen LogP contribution < -0.4 is 0 Å². The molecule has 0 fully saturated rings. The molecule has 20 heavy (non-hydrogen) atoms. The minimum absolute atomic E-state index is 0.0243. The van der Waals surface area contributed by atoms with Crippen molar-refractivity contribution in [1.82, 2.24) is 0 Å². The zero-order valence-corrected chi connectivity index (χ0v) is 11.9. The molecule has 0 saturated heterocycles. The summed E-state index contributed by atoms with van der Waals surface area (Å²) in [7, 11) is 0. The zero-order chi connectivity index (χ0) is 14.9. The van der Waals surface area contributed by atoms with Crippen molar-refractivity contribution in [2.75, 3.05) is 0 Å². The van der Waals surface area contributed by atoms with E-state index < -0.39 is 22.8 Å². The highest BCUT2D eigenvalue weighted by Crippen LogP contribution is 2.29. The van der Waals surface area contributed by atoms with Gasteiger partial charge in [-0.15, -0.1) is 11.6 Å². The highest BCUT2D eigenvalue weighted by atomic mass is 35.5. The Morgan fingerprint density at radius 3 is 2.20 bits per heavy atom. The van der Waals surface area contributed by atoms with Crippen molar-refractivity contribution in [3.8, 4) is 0 Å². The van der Waals surface area contributed by atoms with Gasteiger partial charge in [0, 0.05) is 11.6 Å². The predicted molar refractivity (Wildman–Crippen MR) is 74.5 cm³/mol. The zero-order valence-electron chi connectivity index (χ0n) is 11.2. The van der Waals surface area contributed by atoms with Gasteiger partial charge < -0.3 is 0 Å². The molecular formula is C16H14ClF3. The summed E-state index contributed by atoms with van der Waals surface area (Å²) in [5.41, 5.74) is 3.16. The van der Waals surface area contributed by atoms with Crippen LogP contribution in [0, 0.1) is 31.3 Å². The lowest BCUT2D eigenvalue weighted by molar-refractivity contribution is 0.489. The van der Waals surface area contributed by atoms with E-state index in [2.05, 4.69) is 0 Å². The molecule has 1 atom stereocenters. The van der Waals surface area contributed by atoms with Gasteiger partial charge in [0.05, 0.1) is 5.38 Å². The predicted octanol–water partition coefficient (Wildman–Crippen LogP) is 5.24. The van der Waals surface area contributed by atoms with E-state index in [0.29, 0.717) is 12.5 Å². The summed E-state index contributed by atoms with van der Waals surface area (Å²) in [5.74, 6) is -3.12. The SMILES string of the molecule is Cc1ccc(CC(Cl)c2cc(F)c(F)cc2F)cc1C. The van der Waals surface area contributed by atoms with Gasteiger partial charge in [0.25, 0.3) is 0 Å². The van der Waals surface area contributed by atoms with Crippen LogP contribution in [0.4, 0.5) is 13.2 Å². The Bertz CT molecular complexity index is 638.